The molecule has 0 N–H and O–H groups in total. The van der Waals surface area contributed by atoms with Gasteiger partial charge in [-0.05, 0) is 57.2 Å². The standard InChI is InChI=1S/C29H35F3N2O5/c1-5-6-7-8-9-10-18(2)26(35)34-17-28(16-24(34)27(36)37-4)14-13-21-22-15-20(38-29(30,31)32)11-12-23(22)33-19(3)25(21)39-28/h5,11-12,15,18,24H,1,6-10,13-14,16-17H2,2-4H3/t18-,24-,28-/m0/s1. The smallest absolute Gasteiger partial charge is 0.483 e. The van der Waals surface area contributed by atoms with E-state index < -0.39 is 24.0 Å². The van der Waals surface area contributed by atoms with Crippen LogP contribution < -0.4 is 9.47 Å². The van der Waals surface area contributed by atoms with Crippen LogP contribution in [0.15, 0.2) is 30.9 Å². The van der Waals surface area contributed by atoms with E-state index in [1.807, 2.05) is 13.0 Å². The molecular weight excluding hydrogens is 513 g/mol. The van der Waals surface area contributed by atoms with Crippen LogP contribution >= 0.6 is 0 Å². The molecule has 1 aromatic carbocycles. The summed E-state index contributed by atoms with van der Waals surface area (Å²) in [5.41, 5.74) is 1.04. The zero-order chi connectivity index (χ0) is 28.4. The van der Waals surface area contributed by atoms with Crippen LogP contribution in [0.25, 0.3) is 10.9 Å². The number of allylic oxidation sites excluding steroid dienone is 1. The van der Waals surface area contributed by atoms with E-state index in [0.717, 1.165) is 31.2 Å². The van der Waals surface area contributed by atoms with Gasteiger partial charge in [0.2, 0.25) is 5.91 Å². The maximum atomic E-state index is 13.5. The summed E-state index contributed by atoms with van der Waals surface area (Å²) in [5, 5.41) is 0.521. The van der Waals surface area contributed by atoms with Gasteiger partial charge in [-0.2, -0.15) is 0 Å². The van der Waals surface area contributed by atoms with Crippen LogP contribution in [0.4, 0.5) is 13.2 Å². The van der Waals surface area contributed by atoms with E-state index in [9.17, 15) is 22.8 Å². The van der Waals surface area contributed by atoms with Crippen molar-refractivity contribution in [1.82, 2.24) is 9.88 Å². The fourth-order valence-corrected chi connectivity index (χ4v) is 5.73. The minimum atomic E-state index is -4.81. The van der Waals surface area contributed by atoms with Crippen molar-refractivity contribution in [2.45, 2.75) is 83.2 Å². The first-order valence-corrected chi connectivity index (χ1v) is 13.3. The van der Waals surface area contributed by atoms with Crippen molar-refractivity contribution in [2.75, 3.05) is 13.7 Å². The van der Waals surface area contributed by atoms with Crippen LogP contribution in [0.5, 0.6) is 11.5 Å². The van der Waals surface area contributed by atoms with E-state index in [-0.39, 0.29) is 30.5 Å². The highest BCUT2D eigenvalue weighted by atomic mass is 19.4. The Bertz CT molecular complexity index is 1250. The minimum absolute atomic E-state index is 0.109. The minimum Gasteiger partial charge on any atom is -0.483 e. The Morgan fingerprint density at radius 1 is 1.31 bits per heavy atom. The number of carbonyl (C=O) groups is 2. The number of fused-ring (bicyclic) bond motifs is 3. The molecule has 1 fully saturated rings. The molecule has 3 heterocycles. The Morgan fingerprint density at radius 2 is 2.08 bits per heavy atom. The van der Waals surface area contributed by atoms with E-state index in [1.54, 1.807) is 11.8 Å². The molecular formula is C29H35F3N2O5. The number of aryl methyl sites for hydroxylation is 2. The molecule has 0 saturated carbocycles. The van der Waals surface area contributed by atoms with Crippen LogP contribution in [-0.2, 0) is 20.7 Å². The number of halogens is 3. The molecule has 1 spiro atoms. The number of hydrogen-bond donors (Lipinski definition) is 0. The quantitative estimate of drug-likeness (QED) is 0.216. The van der Waals surface area contributed by atoms with Crippen molar-refractivity contribution in [3.63, 3.8) is 0 Å². The van der Waals surface area contributed by atoms with Gasteiger partial charge in [-0.15, -0.1) is 19.8 Å². The van der Waals surface area contributed by atoms with E-state index >= 15 is 0 Å². The van der Waals surface area contributed by atoms with Gasteiger partial charge in [0, 0.05) is 23.3 Å². The van der Waals surface area contributed by atoms with Crippen LogP contribution in [0, 0.1) is 12.8 Å². The SMILES string of the molecule is C=CCCCCC[C@H](C)C(=O)N1C[C@]2(CCc3c(c(C)nc4ccc(OC(F)(F)F)cc34)O2)C[C@H]1C(=O)OC. The second kappa shape index (κ2) is 11.4. The van der Waals surface area contributed by atoms with Crippen LogP contribution in [0.1, 0.15) is 63.1 Å². The molecule has 212 valence electrons. The van der Waals surface area contributed by atoms with Crippen LogP contribution in [-0.4, -0.2) is 53.4 Å². The second-order valence-electron chi connectivity index (χ2n) is 10.6. The predicted molar refractivity (Wildman–Crippen MR) is 139 cm³/mol. The van der Waals surface area contributed by atoms with E-state index in [2.05, 4.69) is 16.3 Å². The highest BCUT2D eigenvalue weighted by molar-refractivity contribution is 5.88. The molecule has 10 heteroatoms. The molecule has 1 saturated heterocycles. The normalized spacial score (nSPS) is 21.4. The lowest BCUT2D eigenvalue weighted by molar-refractivity contribution is -0.274. The molecule has 0 unspecified atom stereocenters. The maximum absolute atomic E-state index is 13.5. The van der Waals surface area contributed by atoms with Gasteiger partial charge in [0.15, 0.2) is 0 Å². The molecule has 39 heavy (non-hydrogen) atoms. The van der Waals surface area contributed by atoms with Crippen molar-refractivity contribution < 1.29 is 37.0 Å². The lowest BCUT2D eigenvalue weighted by Crippen LogP contribution is -2.46. The summed E-state index contributed by atoms with van der Waals surface area (Å²) in [4.78, 5) is 32.4. The molecule has 0 aliphatic carbocycles. The number of carbonyl (C=O) groups excluding carboxylic acids is 2. The first-order chi connectivity index (χ1) is 18.5. The summed E-state index contributed by atoms with van der Waals surface area (Å²) < 4.78 is 54.1. The largest absolute Gasteiger partial charge is 0.573 e. The number of rotatable bonds is 9. The van der Waals surface area contributed by atoms with E-state index in [4.69, 9.17) is 9.47 Å². The van der Waals surface area contributed by atoms with Crippen LogP contribution in [0.2, 0.25) is 0 Å². The number of amides is 1. The summed E-state index contributed by atoms with van der Waals surface area (Å²) in [6.07, 6.45) is 2.92. The number of alkyl halides is 3. The number of ether oxygens (including phenoxy) is 3. The predicted octanol–water partition coefficient (Wildman–Crippen LogP) is 6.05. The third-order valence-corrected chi connectivity index (χ3v) is 7.69. The van der Waals surface area contributed by atoms with Crippen molar-refractivity contribution in [2.24, 2.45) is 5.92 Å². The van der Waals surface area contributed by atoms with Gasteiger partial charge < -0.3 is 19.1 Å². The molecule has 7 nitrogen and oxygen atoms in total. The first-order valence-electron chi connectivity index (χ1n) is 13.3. The number of aromatic nitrogens is 1. The number of nitrogens with zero attached hydrogens (tertiary/aromatic N) is 2. The molecule has 0 bridgehead atoms. The van der Waals surface area contributed by atoms with Gasteiger partial charge in [0.25, 0.3) is 0 Å². The van der Waals surface area contributed by atoms with E-state index in [1.165, 1.54) is 25.3 Å². The molecule has 0 radical (unpaired) electrons. The lowest BCUT2D eigenvalue weighted by Gasteiger charge is -2.36. The number of unbranched alkanes of at least 4 members (excludes halogenated alkanes) is 3. The molecule has 2 aliphatic heterocycles. The summed E-state index contributed by atoms with van der Waals surface area (Å²) in [6.45, 7) is 7.62. The average Bonchev–Trinajstić information content (AvgIpc) is 3.25. The summed E-state index contributed by atoms with van der Waals surface area (Å²) in [5.74, 6) is -0.708. The van der Waals surface area contributed by atoms with Gasteiger partial charge in [0.05, 0.1) is 24.9 Å². The van der Waals surface area contributed by atoms with Crippen molar-refractivity contribution in [1.29, 1.82) is 0 Å². The Labute approximate surface area is 226 Å². The Morgan fingerprint density at radius 3 is 2.77 bits per heavy atom. The number of hydrogen-bond acceptors (Lipinski definition) is 6. The third kappa shape index (κ3) is 6.31. The average molecular weight is 549 g/mol. The molecule has 1 amide bonds. The Hall–Kier alpha value is -3.30. The molecule has 3 atom stereocenters. The lowest BCUT2D eigenvalue weighted by atomic mass is 9.87. The monoisotopic (exact) mass is 548 g/mol. The Kier molecular flexibility index (Phi) is 8.42. The third-order valence-electron chi connectivity index (χ3n) is 7.69. The van der Waals surface area contributed by atoms with Gasteiger partial charge in [0.1, 0.15) is 23.1 Å². The van der Waals surface area contributed by atoms with Crippen molar-refractivity contribution >= 4 is 22.8 Å². The zero-order valence-electron chi connectivity index (χ0n) is 22.6. The highest BCUT2D eigenvalue weighted by Crippen LogP contribution is 2.45. The van der Waals surface area contributed by atoms with Gasteiger partial charge in [-0.25, -0.2) is 9.78 Å². The summed E-state index contributed by atoms with van der Waals surface area (Å²) >= 11 is 0. The van der Waals surface area contributed by atoms with Crippen molar-refractivity contribution in [3.05, 3.63) is 42.1 Å². The topological polar surface area (TPSA) is 78.0 Å². The number of methoxy groups -OCH3 is 1. The van der Waals surface area contributed by atoms with Crippen LogP contribution in [0.3, 0.4) is 0 Å². The number of likely N-dealkylation sites (tertiary alicyclic amines) is 1. The number of pyridine rings is 1. The van der Waals surface area contributed by atoms with Gasteiger partial charge in [-0.1, -0.05) is 25.8 Å². The molecule has 2 aromatic rings. The van der Waals surface area contributed by atoms with Crippen molar-refractivity contribution in [3.8, 4) is 11.5 Å². The molecule has 2 aliphatic rings. The second-order valence-corrected chi connectivity index (χ2v) is 10.6. The Balaban J connectivity index is 1.58. The fraction of sp³-hybridized carbons (Fsp3) is 0.552. The highest BCUT2D eigenvalue weighted by Gasteiger charge is 2.53. The zero-order valence-corrected chi connectivity index (χ0v) is 22.6. The van der Waals surface area contributed by atoms with Gasteiger partial charge in [-0.3, -0.25) is 4.79 Å². The first kappa shape index (κ1) is 28.7. The van der Waals surface area contributed by atoms with Gasteiger partial charge >= 0.3 is 12.3 Å². The fourth-order valence-electron chi connectivity index (χ4n) is 5.73. The summed E-state index contributed by atoms with van der Waals surface area (Å²) in [7, 11) is 1.30. The summed E-state index contributed by atoms with van der Waals surface area (Å²) in [6, 6.07) is 3.29. The molecule has 1 aromatic heterocycles. The maximum Gasteiger partial charge on any atom is 0.573 e. The molecule has 4 rings (SSSR count). The number of benzene rings is 1. The van der Waals surface area contributed by atoms with E-state index in [0.29, 0.717) is 41.6 Å². The number of esters is 1.